The second-order valence-corrected chi connectivity index (χ2v) is 1.61. The predicted octanol–water partition coefficient (Wildman–Crippen LogP) is 1.18. The molecule has 0 saturated heterocycles. The van der Waals surface area contributed by atoms with Crippen LogP contribution >= 0.6 is 0 Å². The highest BCUT2D eigenvalue weighted by Crippen LogP contribution is 1.95. The van der Waals surface area contributed by atoms with E-state index in [9.17, 15) is 10.1 Å². The predicted molar refractivity (Wildman–Crippen MR) is 40.2 cm³/mol. The van der Waals surface area contributed by atoms with Crippen molar-refractivity contribution in [3.8, 4) is 0 Å². The highest BCUT2D eigenvalue weighted by Gasteiger charge is 2.01. The van der Waals surface area contributed by atoms with Gasteiger partial charge in [0.1, 0.15) is 0 Å². The van der Waals surface area contributed by atoms with E-state index in [1.807, 2.05) is 0 Å². The fourth-order valence-electron chi connectivity index (χ4n) is 0.458. The van der Waals surface area contributed by atoms with Crippen LogP contribution in [0, 0.1) is 10.1 Å². The van der Waals surface area contributed by atoms with Crippen molar-refractivity contribution in [1.82, 2.24) is 0 Å². The Morgan fingerprint density at radius 1 is 1.73 bits per heavy atom. The van der Waals surface area contributed by atoms with E-state index in [2.05, 4.69) is 5.16 Å². The summed E-state index contributed by atoms with van der Waals surface area (Å²) in [6.07, 6.45) is 4.87. The maximum atomic E-state index is 10.1. The summed E-state index contributed by atoms with van der Waals surface area (Å²) in [7, 11) is 0. The number of nitro groups is 1. The summed E-state index contributed by atoms with van der Waals surface area (Å²) < 4.78 is 0. The van der Waals surface area contributed by atoms with Gasteiger partial charge in [-0.1, -0.05) is 11.2 Å². The van der Waals surface area contributed by atoms with Crippen LogP contribution in [0.25, 0.3) is 0 Å². The lowest BCUT2D eigenvalue weighted by Crippen LogP contribution is -1.95. The van der Waals surface area contributed by atoms with Crippen LogP contribution in [-0.4, -0.2) is 16.3 Å². The molecule has 0 aromatic carbocycles. The van der Waals surface area contributed by atoms with Crippen LogP contribution < -0.4 is 0 Å². The highest BCUT2D eigenvalue weighted by molar-refractivity contribution is 5.71. The molecule has 0 aliphatic carbocycles. The molecular weight excluding hydrogens is 148 g/mol. The van der Waals surface area contributed by atoms with Crippen molar-refractivity contribution in [2.24, 2.45) is 5.16 Å². The molecule has 0 atom stereocenters. The molecule has 1 N–H and O–H groups in total. The summed E-state index contributed by atoms with van der Waals surface area (Å²) in [6, 6.07) is 0. The molecule has 0 radical (unpaired) electrons. The molecule has 11 heavy (non-hydrogen) atoms. The van der Waals surface area contributed by atoms with Crippen molar-refractivity contribution in [2.45, 2.75) is 6.92 Å². The Morgan fingerprint density at radius 2 is 2.36 bits per heavy atom. The summed E-state index contributed by atoms with van der Waals surface area (Å²) in [5.41, 5.74) is -0.120. The van der Waals surface area contributed by atoms with Gasteiger partial charge in [-0.05, 0) is 6.92 Å². The van der Waals surface area contributed by atoms with E-state index >= 15 is 0 Å². The molecule has 0 saturated carbocycles. The standard InChI is InChI=1S/C6H8N2O3/c1-2-3-6(8(10)11)4-5-7-9/h2-5,9H,1H3/b3-2-,6-4+,7-5+. The zero-order chi connectivity index (χ0) is 8.69. The molecule has 5 nitrogen and oxygen atoms in total. The van der Waals surface area contributed by atoms with Gasteiger partial charge in [-0.3, -0.25) is 10.1 Å². The second-order valence-electron chi connectivity index (χ2n) is 1.61. The maximum Gasteiger partial charge on any atom is 0.270 e. The smallest absolute Gasteiger partial charge is 0.270 e. The molecule has 5 heteroatoms. The Hall–Kier alpha value is -1.65. The quantitative estimate of drug-likeness (QED) is 0.219. The Bertz CT molecular complexity index is 218. The molecule has 0 fully saturated rings. The molecule has 0 bridgehead atoms. The summed E-state index contributed by atoms with van der Waals surface area (Å²) in [5, 5.41) is 20.7. The van der Waals surface area contributed by atoms with Crippen molar-refractivity contribution in [1.29, 1.82) is 0 Å². The number of allylic oxidation sites excluding steroid dienone is 3. The molecule has 0 unspecified atom stereocenters. The van der Waals surface area contributed by atoms with E-state index in [-0.39, 0.29) is 5.70 Å². The lowest BCUT2D eigenvalue weighted by atomic mass is 10.4. The molecule has 0 amide bonds. The van der Waals surface area contributed by atoms with Crippen LogP contribution in [-0.2, 0) is 0 Å². The molecule has 0 heterocycles. The van der Waals surface area contributed by atoms with Crippen molar-refractivity contribution in [2.75, 3.05) is 0 Å². The lowest BCUT2D eigenvalue weighted by molar-refractivity contribution is -0.418. The summed E-state index contributed by atoms with van der Waals surface area (Å²) >= 11 is 0. The van der Waals surface area contributed by atoms with Crippen LogP contribution in [0.3, 0.4) is 0 Å². The third-order valence-corrected chi connectivity index (χ3v) is 0.860. The Kier molecular flexibility index (Phi) is 4.39. The first kappa shape index (κ1) is 9.35. The normalized spacial score (nSPS) is 13.0. The fourth-order valence-corrected chi connectivity index (χ4v) is 0.458. The van der Waals surface area contributed by atoms with Crippen LogP contribution in [0.15, 0.2) is 29.1 Å². The molecule has 60 valence electrons. The third kappa shape index (κ3) is 3.85. The Morgan fingerprint density at radius 3 is 2.73 bits per heavy atom. The number of hydrogen-bond acceptors (Lipinski definition) is 4. The van der Waals surface area contributed by atoms with Crippen molar-refractivity contribution < 1.29 is 10.1 Å². The first-order valence-corrected chi connectivity index (χ1v) is 2.87. The van der Waals surface area contributed by atoms with E-state index in [0.29, 0.717) is 0 Å². The fraction of sp³-hybridized carbons (Fsp3) is 0.167. The number of nitrogens with zero attached hydrogens (tertiary/aromatic N) is 2. The zero-order valence-corrected chi connectivity index (χ0v) is 5.97. The largest absolute Gasteiger partial charge is 0.411 e. The van der Waals surface area contributed by atoms with Gasteiger partial charge in [0.05, 0.1) is 11.1 Å². The monoisotopic (exact) mass is 156 g/mol. The van der Waals surface area contributed by atoms with E-state index in [0.717, 1.165) is 12.3 Å². The minimum atomic E-state index is -0.568. The van der Waals surface area contributed by atoms with Gasteiger partial charge in [0.2, 0.25) is 0 Å². The lowest BCUT2D eigenvalue weighted by Gasteiger charge is -1.85. The van der Waals surface area contributed by atoms with Gasteiger partial charge in [-0.15, -0.1) is 0 Å². The minimum absolute atomic E-state index is 0.120. The number of rotatable bonds is 3. The van der Waals surface area contributed by atoms with Crippen LogP contribution in [0.1, 0.15) is 6.92 Å². The van der Waals surface area contributed by atoms with Crippen molar-refractivity contribution >= 4 is 6.21 Å². The summed E-state index contributed by atoms with van der Waals surface area (Å²) in [6.45, 7) is 1.66. The van der Waals surface area contributed by atoms with Crippen molar-refractivity contribution in [3.63, 3.8) is 0 Å². The van der Waals surface area contributed by atoms with Gasteiger partial charge in [0.25, 0.3) is 5.70 Å². The number of hydrogen-bond donors (Lipinski definition) is 1. The Labute approximate surface area is 63.5 Å². The van der Waals surface area contributed by atoms with Gasteiger partial charge in [-0.2, -0.15) is 0 Å². The zero-order valence-electron chi connectivity index (χ0n) is 5.97. The SMILES string of the molecule is C\C=C/C(=C\C=N\O)[N+](=O)[O-]. The topological polar surface area (TPSA) is 75.7 Å². The average molecular weight is 156 g/mol. The van der Waals surface area contributed by atoms with E-state index in [1.165, 1.54) is 12.2 Å². The molecular formula is C6H8N2O3. The van der Waals surface area contributed by atoms with Gasteiger partial charge >= 0.3 is 0 Å². The van der Waals surface area contributed by atoms with Gasteiger partial charge in [-0.25, -0.2) is 0 Å². The van der Waals surface area contributed by atoms with Crippen LogP contribution in [0.2, 0.25) is 0 Å². The first-order valence-electron chi connectivity index (χ1n) is 2.87. The maximum absolute atomic E-state index is 10.1. The van der Waals surface area contributed by atoms with Gasteiger partial charge < -0.3 is 5.21 Å². The van der Waals surface area contributed by atoms with Crippen LogP contribution in [0.5, 0.6) is 0 Å². The summed E-state index contributed by atoms with van der Waals surface area (Å²) in [4.78, 5) is 9.57. The highest BCUT2D eigenvalue weighted by atomic mass is 16.6. The van der Waals surface area contributed by atoms with Crippen LogP contribution in [0.4, 0.5) is 0 Å². The van der Waals surface area contributed by atoms with E-state index in [1.54, 1.807) is 6.92 Å². The van der Waals surface area contributed by atoms with Gasteiger partial charge in [0.15, 0.2) is 0 Å². The first-order chi connectivity index (χ1) is 5.22. The molecule has 0 aromatic rings. The second kappa shape index (κ2) is 5.16. The third-order valence-electron chi connectivity index (χ3n) is 0.860. The summed E-state index contributed by atoms with van der Waals surface area (Å²) in [5.74, 6) is 0. The van der Waals surface area contributed by atoms with E-state index < -0.39 is 4.92 Å². The Balaban J connectivity index is 4.45. The molecule has 0 aliphatic rings. The van der Waals surface area contributed by atoms with E-state index in [4.69, 9.17) is 5.21 Å². The van der Waals surface area contributed by atoms with Crippen molar-refractivity contribution in [3.05, 3.63) is 34.0 Å². The molecule has 0 aliphatic heterocycles. The molecule has 0 rings (SSSR count). The average Bonchev–Trinajstić information content (AvgIpc) is 1.97. The van der Waals surface area contributed by atoms with Gasteiger partial charge in [0, 0.05) is 12.2 Å². The molecule has 0 aromatic heterocycles. The number of oxime groups is 1. The molecule has 0 spiro atoms. The minimum Gasteiger partial charge on any atom is -0.411 e.